The second kappa shape index (κ2) is 5.50. The Morgan fingerprint density at radius 2 is 1.84 bits per heavy atom. The van der Waals surface area contributed by atoms with E-state index in [0.717, 1.165) is 6.07 Å². The molecule has 0 saturated heterocycles. The van der Waals surface area contributed by atoms with E-state index in [-0.39, 0.29) is 17.8 Å². The van der Waals surface area contributed by atoms with Crippen LogP contribution in [-0.2, 0) is 11.0 Å². The molecule has 0 N–H and O–H groups in total. The van der Waals surface area contributed by atoms with Gasteiger partial charge < -0.3 is 4.79 Å². The van der Waals surface area contributed by atoms with Gasteiger partial charge >= 0.3 is 6.18 Å². The number of carbonyl (C=O) groups is 2. The van der Waals surface area contributed by atoms with Crippen LogP contribution >= 0.6 is 0 Å². The molecule has 1 unspecified atom stereocenters. The Hall–Kier alpha value is -1.72. The van der Waals surface area contributed by atoms with Crippen LogP contribution in [0.5, 0.6) is 0 Å². The topological polar surface area (TPSA) is 34.1 Å². The Bertz CT molecular complexity index is 506. The lowest BCUT2D eigenvalue weighted by atomic mass is 9.94. The third-order valence-corrected chi connectivity index (χ3v) is 2.60. The van der Waals surface area contributed by atoms with E-state index in [4.69, 9.17) is 0 Å². The van der Waals surface area contributed by atoms with Gasteiger partial charge in [-0.3, -0.25) is 4.79 Å². The summed E-state index contributed by atoms with van der Waals surface area (Å²) in [4.78, 5) is 22.7. The van der Waals surface area contributed by atoms with Crippen LogP contribution in [0.3, 0.4) is 0 Å². The number of rotatable bonds is 4. The summed E-state index contributed by atoms with van der Waals surface area (Å²) < 4.78 is 50.5. The molecule has 0 aliphatic heterocycles. The first-order valence-electron chi connectivity index (χ1n) is 5.53. The van der Waals surface area contributed by atoms with Gasteiger partial charge in [-0.1, -0.05) is 6.92 Å². The van der Waals surface area contributed by atoms with Gasteiger partial charge in [0.15, 0.2) is 5.78 Å². The van der Waals surface area contributed by atoms with Crippen molar-refractivity contribution in [2.24, 2.45) is 5.92 Å². The average Bonchev–Trinajstić information content (AvgIpc) is 2.26. The van der Waals surface area contributed by atoms with Crippen molar-refractivity contribution in [1.29, 1.82) is 0 Å². The molecule has 0 heterocycles. The minimum absolute atomic E-state index is 0.0580. The zero-order chi connectivity index (χ0) is 14.8. The van der Waals surface area contributed by atoms with Crippen LogP contribution in [0.1, 0.15) is 36.2 Å². The van der Waals surface area contributed by atoms with E-state index in [9.17, 15) is 27.2 Å². The van der Waals surface area contributed by atoms with Gasteiger partial charge in [-0.05, 0) is 25.1 Å². The van der Waals surface area contributed by atoms with E-state index >= 15 is 0 Å². The average molecular weight is 276 g/mol. The van der Waals surface area contributed by atoms with E-state index in [0.29, 0.717) is 12.1 Å². The van der Waals surface area contributed by atoms with Crippen LogP contribution in [0.2, 0.25) is 0 Å². The van der Waals surface area contributed by atoms with Crippen LogP contribution in [0.4, 0.5) is 17.6 Å². The second-order valence-electron chi connectivity index (χ2n) is 4.36. The standard InChI is InChI=1S/C13H12F4O2/c1-7(5-8(2)18)12(19)9-3-4-11(14)10(6-9)13(15,16)17/h3-4,6-7H,5H2,1-2H3. The molecule has 1 atom stereocenters. The number of carbonyl (C=O) groups excluding carboxylic acids is 2. The molecule has 2 nitrogen and oxygen atoms in total. The fourth-order valence-corrected chi connectivity index (χ4v) is 1.70. The predicted octanol–water partition coefficient (Wildman–Crippen LogP) is 3.64. The third-order valence-electron chi connectivity index (χ3n) is 2.60. The van der Waals surface area contributed by atoms with Crippen molar-refractivity contribution in [2.45, 2.75) is 26.4 Å². The molecular weight excluding hydrogens is 264 g/mol. The summed E-state index contributed by atoms with van der Waals surface area (Å²) in [6.45, 7) is 2.73. The molecule has 19 heavy (non-hydrogen) atoms. The summed E-state index contributed by atoms with van der Waals surface area (Å²) in [5.41, 5.74) is -1.73. The summed E-state index contributed by atoms with van der Waals surface area (Å²) in [6.07, 6.45) is -4.91. The molecule has 0 aliphatic carbocycles. The van der Waals surface area contributed by atoms with Gasteiger partial charge in [0.25, 0.3) is 0 Å². The Morgan fingerprint density at radius 1 is 1.26 bits per heavy atom. The highest BCUT2D eigenvalue weighted by molar-refractivity contribution is 5.99. The van der Waals surface area contributed by atoms with Gasteiger partial charge in [-0.15, -0.1) is 0 Å². The highest BCUT2D eigenvalue weighted by Crippen LogP contribution is 2.32. The van der Waals surface area contributed by atoms with Gasteiger partial charge in [0.1, 0.15) is 11.6 Å². The van der Waals surface area contributed by atoms with Crippen LogP contribution in [0.25, 0.3) is 0 Å². The van der Waals surface area contributed by atoms with Crippen LogP contribution < -0.4 is 0 Å². The number of benzene rings is 1. The Morgan fingerprint density at radius 3 is 2.32 bits per heavy atom. The quantitative estimate of drug-likeness (QED) is 0.621. The third kappa shape index (κ3) is 3.87. The van der Waals surface area contributed by atoms with Crippen molar-refractivity contribution in [3.05, 3.63) is 35.1 Å². The molecule has 0 amide bonds. The first-order chi connectivity index (χ1) is 8.62. The highest BCUT2D eigenvalue weighted by Gasteiger charge is 2.35. The Kier molecular flexibility index (Phi) is 4.44. The van der Waals surface area contributed by atoms with E-state index in [1.54, 1.807) is 0 Å². The Balaban J connectivity index is 3.09. The summed E-state index contributed by atoms with van der Waals surface area (Å²) in [5, 5.41) is 0. The maximum absolute atomic E-state index is 13.1. The molecule has 0 spiro atoms. The lowest BCUT2D eigenvalue weighted by Gasteiger charge is -2.12. The lowest BCUT2D eigenvalue weighted by molar-refractivity contribution is -0.140. The first kappa shape index (κ1) is 15.3. The highest BCUT2D eigenvalue weighted by atomic mass is 19.4. The van der Waals surface area contributed by atoms with Crippen LogP contribution in [0, 0.1) is 11.7 Å². The van der Waals surface area contributed by atoms with Crippen molar-refractivity contribution < 1.29 is 27.2 Å². The van der Waals surface area contributed by atoms with Crippen LogP contribution in [0.15, 0.2) is 18.2 Å². The maximum atomic E-state index is 13.1. The zero-order valence-electron chi connectivity index (χ0n) is 10.3. The summed E-state index contributed by atoms with van der Waals surface area (Å²) >= 11 is 0. The fraction of sp³-hybridized carbons (Fsp3) is 0.385. The van der Waals surface area contributed by atoms with E-state index < -0.39 is 29.3 Å². The second-order valence-corrected chi connectivity index (χ2v) is 4.36. The largest absolute Gasteiger partial charge is 0.419 e. The molecule has 1 aromatic carbocycles. The number of alkyl halides is 3. The van der Waals surface area contributed by atoms with Gasteiger partial charge in [-0.2, -0.15) is 13.2 Å². The van der Waals surface area contributed by atoms with Crippen molar-refractivity contribution in [3.63, 3.8) is 0 Å². The molecule has 6 heteroatoms. The fourth-order valence-electron chi connectivity index (χ4n) is 1.70. The predicted molar refractivity (Wildman–Crippen MR) is 60.2 cm³/mol. The van der Waals surface area contributed by atoms with E-state index in [1.807, 2.05) is 0 Å². The minimum atomic E-state index is -4.86. The van der Waals surface area contributed by atoms with E-state index in [1.165, 1.54) is 13.8 Å². The number of hydrogen-bond acceptors (Lipinski definition) is 2. The number of Topliss-reactive ketones (excluding diaryl/α,β-unsaturated/α-hetero) is 2. The molecule has 0 fully saturated rings. The first-order valence-corrected chi connectivity index (χ1v) is 5.53. The molecule has 0 bridgehead atoms. The Labute approximate surface area is 107 Å². The number of hydrogen-bond donors (Lipinski definition) is 0. The summed E-state index contributed by atoms with van der Waals surface area (Å²) in [7, 11) is 0. The molecule has 104 valence electrons. The molecule has 1 aromatic rings. The smallest absolute Gasteiger partial charge is 0.300 e. The molecule has 0 aliphatic rings. The normalized spacial score (nSPS) is 13.2. The van der Waals surface area contributed by atoms with Crippen molar-refractivity contribution in [1.82, 2.24) is 0 Å². The SMILES string of the molecule is CC(=O)CC(C)C(=O)c1ccc(F)c(C(F)(F)F)c1. The zero-order valence-corrected chi connectivity index (χ0v) is 10.3. The van der Waals surface area contributed by atoms with Crippen molar-refractivity contribution in [3.8, 4) is 0 Å². The van der Waals surface area contributed by atoms with Crippen molar-refractivity contribution in [2.75, 3.05) is 0 Å². The van der Waals surface area contributed by atoms with Crippen LogP contribution in [-0.4, -0.2) is 11.6 Å². The van der Waals surface area contributed by atoms with Gasteiger partial charge in [0.2, 0.25) is 0 Å². The lowest BCUT2D eigenvalue weighted by Crippen LogP contribution is -2.16. The monoisotopic (exact) mass is 276 g/mol. The van der Waals surface area contributed by atoms with Crippen molar-refractivity contribution >= 4 is 11.6 Å². The maximum Gasteiger partial charge on any atom is 0.419 e. The van der Waals surface area contributed by atoms with Gasteiger partial charge in [0, 0.05) is 17.9 Å². The van der Waals surface area contributed by atoms with Gasteiger partial charge in [0.05, 0.1) is 5.56 Å². The molecule has 0 saturated carbocycles. The van der Waals surface area contributed by atoms with E-state index in [2.05, 4.69) is 0 Å². The number of ketones is 2. The van der Waals surface area contributed by atoms with Gasteiger partial charge in [-0.25, -0.2) is 4.39 Å². The molecular formula is C13H12F4O2. The minimum Gasteiger partial charge on any atom is -0.300 e. The molecule has 0 radical (unpaired) electrons. The summed E-state index contributed by atoms with van der Waals surface area (Å²) in [6, 6.07) is 2.08. The number of halogens is 4. The summed E-state index contributed by atoms with van der Waals surface area (Å²) in [5.74, 6) is -3.01. The molecule has 1 rings (SSSR count). The molecule has 0 aromatic heterocycles.